The van der Waals surface area contributed by atoms with Crippen molar-refractivity contribution in [3.8, 4) is 0 Å². The van der Waals surface area contributed by atoms with Crippen LogP contribution in [0.5, 0.6) is 0 Å². The number of hydrogen-bond donors (Lipinski definition) is 1. The van der Waals surface area contributed by atoms with Gasteiger partial charge < -0.3 is 19.4 Å². The Bertz CT molecular complexity index is 673. The summed E-state index contributed by atoms with van der Waals surface area (Å²) >= 11 is 0. The van der Waals surface area contributed by atoms with Gasteiger partial charge in [-0.2, -0.15) is 0 Å². The zero-order valence-corrected chi connectivity index (χ0v) is 16.2. The van der Waals surface area contributed by atoms with E-state index in [1.165, 1.54) is 12.1 Å². The van der Waals surface area contributed by atoms with Gasteiger partial charge in [0, 0.05) is 46.0 Å². The number of nitrogens with zero attached hydrogens (tertiary/aromatic N) is 6. The molecule has 0 aromatic carbocycles. The van der Waals surface area contributed by atoms with Crippen LogP contribution >= 0.6 is 24.0 Å². The fraction of sp³-hybridized carbons (Fsp3) is 0.533. The van der Waals surface area contributed by atoms with Crippen LogP contribution in [0.1, 0.15) is 23.8 Å². The number of aromatic nitrogens is 4. The zero-order chi connectivity index (χ0) is 15.5. The number of halogens is 1. The predicted molar refractivity (Wildman–Crippen MR) is 101 cm³/mol. The molecule has 0 aliphatic carbocycles. The zero-order valence-electron chi connectivity index (χ0n) is 13.9. The molecule has 1 N–H and O–H groups in total. The van der Waals surface area contributed by atoms with Gasteiger partial charge in [0.15, 0.2) is 11.8 Å². The van der Waals surface area contributed by atoms with E-state index in [9.17, 15) is 0 Å². The van der Waals surface area contributed by atoms with Crippen LogP contribution < -0.4 is 5.32 Å². The summed E-state index contributed by atoms with van der Waals surface area (Å²) in [7, 11) is 5.90. The first-order valence-corrected chi connectivity index (χ1v) is 7.62. The van der Waals surface area contributed by atoms with E-state index >= 15 is 0 Å². The molecule has 8 heteroatoms. The second-order valence-corrected chi connectivity index (χ2v) is 5.65. The molecule has 1 aliphatic rings. The Labute approximate surface area is 153 Å². The van der Waals surface area contributed by atoms with Crippen molar-refractivity contribution in [3.05, 3.63) is 35.7 Å². The van der Waals surface area contributed by atoms with Gasteiger partial charge in [0.25, 0.3) is 0 Å². The van der Waals surface area contributed by atoms with Crippen molar-refractivity contribution in [1.82, 2.24) is 29.5 Å². The third-order valence-electron chi connectivity index (χ3n) is 4.11. The van der Waals surface area contributed by atoms with Crippen molar-refractivity contribution >= 4 is 29.9 Å². The maximum absolute atomic E-state index is 4.36. The van der Waals surface area contributed by atoms with Crippen LogP contribution in [0.4, 0.5) is 0 Å². The Morgan fingerprint density at radius 1 is 1.43 bits per heavy atom. The first kappa shape index (κ1) is 17.8. The summed E-state index contributed by atoms with van der Waals surface area (Å²) in [6, 6.07) is 4.17. The predicted octanol–water partition coefficient (Wildman–Crippen LogP) is 1.39. The highest BCUT2D eigenvalue weighted by Crippen LogP contribution is 2.13. The first-order chi connectivity index (χ1) is 10.7. The van der Waals surface area contributed by atoms with Gasteiger partial charge in [-0.15, -0.1) is 34.2 Å². The molecule has 0 saturated carbocycles. The average molecular weight is 429 g/mol. The molecule has 0 bridgehead atoms. The Morgan fingerprint density at radius 2 is 2.26 bits per heavy atom. The van der Waals surface area contributed by atoms with Gasteiger partial charge in [0.05, 0.1) is 13.1 Å². The molecular weight excluding hydrogens is 405 g/mol. The number of hydrogen-bond acceptors (Lipinski definition) is 3. The van der Waals surface area contributed by atoms with Crippen LogP contribution in [0.3, 0.4) is 0 Å². The highest BCUT2D eigenvalue weighted by atomic mass is 127. The van der Waals surface area contributed by atoms with Gasteiger partial charge in [-0.25, -0.2) is 0 Å². The van der Waals surface area contributed by atoms with E-state index in [0.717, 1.165) is 37.1 Å². The molecule has 23 heavy (non-hydrogen) atoms. The summed E-state index contributed by atoms with van der Waals surface area (Å²) in [4.78, 5) is 6.46. The van der Waals surface area contributed by atoms with Crippen LogP contribution in [0.15, 0.2) is 23.3 Å². The number of guanidine groups is 1. The average Bonchev–Trinajstić information content (AvgIpc) is 3.19. The van der Waals surface area contributed by atoms with Crippen LogP contribution in [-0.2, 0) is 33.1 Å². The Kier molecular flexibility index (Phi) is 6.03. The molecule has 0 atom stereocenters. The minimum absolute atomic E-state index is 0. The number of rotatable bonds is 4. The number of aliphatic imine (C=N–C) groups is 1. The lowest BCUT2D eigenvalue weighted by molar-refractivity contribution is 0.459. The second-order valence-electron chi connectivity index (χ2n) is 5.65. The molecule has 2 aromatic rings. The van der Waals surface area contributed by atoms with E-state index in [2.05, 4.69) is 59.9 Å². The Morgan fingerprint density at radius 3 is 2.96 bits per heavy atom. The molecule has 1 aliphatic heterocycles. The van der Waals surface area contributed by atoms with E-state index in [0.29, 0.717) is 6.54 Å². The van der Waals surface area contributed by atoms with Crippen LogP contribution in [0.25, 0.3) is 0 Å². The SMILES string of the molecule is CN=C(NCc1nnc2n1CCC2)N(C)Cc1cccn1C.I. The fourth-order valence-electron chi connectivity index (χ4n) is 2.86. The standard InChI is InChI=1S/C15H23N7.HI/c1-16-15(21(3)11-12-6-4-8-20(12)2)17-10-14-19-18-13-7-5-9-22(13)14;/h4,6,8H,5,7,9-11H2,1-3H3,(H,16,17);1H. The van der Waals surface area contributed by atoms with E-state index < -0.39 is 0 Å². The molecule has 0 saturated heterocycles. The minimum atomic E-state index is 0. The summed E-state index contributed by atoms with van der Waals surface area (Å²) in [5.74, 6) is 2.95. The highest BCUT2D eigenvalue weighted by molar-refractivity contribution is 14.0. The molecule has 0 fully saturated rings. The summed E-state index contributed by atoms with van der Waals surface area (Å²) < 4.78 is 4.33. The van der Waals surface area contributed by atoms with Crippen molar-refractivity contribution in [2.45, 2.75) is 32.5 Å². The lowest BCUT2D eigenvalue weighted by atomic mass is 10.4. The molecule has 0 amide bonds. The molecule has 0 spiro atoms. The Hall–Kier alpha value is -1.58. The largest absolute Gasteiger partial charge is 0.353 e. The lowest BCUT2D eigenvalue weighted by Gasteiger charge is -2.22. The molecule has 0 unspecified atom stereocenters. The van der Waals surface area contributed by atoms with Gasteiger partial charge in [-0.1, -0.05) is 0 Å². The van der Waals surface area contributed by atoms with Gasteiger partial charge in [-0.05, 0) is 18.6 Å². The van der Waals surface area contributed by atoms with Gasteiger partial charge >= 0.3 is 0 Å². The van der Waals surface area contributed by atoms with Crippen molar-refractivity contribution in [3.63, 3.8) is 0 Å². The van der Waals surface area contributed by atoms with Gasteiger partial charge in [0.1, 0.15) is 5.82 Å². The van der Waals surface area contributed by atoms with Crippen molar-refractivity contribution in [2.75, 3.05) is 14.1 Å². The number of aryl methyl sites for hydroxylation is 2. The van der Waals surface area contributed by atoms with Crippen LogP contribution in [-0.4, -0.2) is 44.3 Å². The van der Waals surface area contributed by atoms with E-state index in [1.54, 1.807) is 7.05 Å². The maximum atomic E-state index is 4.36. The highest BCUT2D eigenvalue weighted by Gasteiger charge is 2.17. The number of fused-ring (bicyclic) bond motifs is 1. The molecule has 2 aromatic heterocycles. The summed E-state index contributed by atoms with van der Waals surface area (Å²) in [6.07, 6.45) is 4.26. The maximum Gasteiger partial charge on any atom is 0.194 e. The summed E-state index contributed by atoms with van der Waals surface area (Å²) in [5.41, 5.74) is 1.24. The molecule has 0 radical (unpaired) electrons. The Balaban J connectivity index is 0.00000192. The molecule has 7 nitrogen and oxygen atoms in total. The second kappa shape index (κ2) is 7.80. The third-order valence-corrected chi connectivity index (χ3v) is 4.11. The van der Waals surface area contributed by atoms with E-state index in [-0.39, 0.29) is 24.0 Å². The fourth-order valence-corrected chi connectivity index (χ4v) is 2.86. The van der Waals surface area contributed by atoms with Crippen molar-refractivity contribution < 1.29 is 0 Å². The first-order valence-electron chi connectivity index (χ1n) is 7.62. The van der Waals surface area contributed by atoms with Crippen LogP contribution in [0.2, 0.25) is 0 Å². The van der Waals surface area contributed by atoms with Crippen molar-refractivity contribution in [2.24, 2.45) is 12.0 Å². The van der Waals surface area contributed by atoms with Gasteiger partial charge in [-0.3, -0.25) is 4.99 Å². The smallest absolute Gasteiger partial charge is 0.194 e. The summed E-state index contributed by atoms with van der Waals surface area (Å²) in [6.45, 7) is 2.48. The molecule has 3 rings (SSSR count). The van der Waals surface area contributed by atoms with Crippen molar-refractivity contribution in [1.29, 1.82) is 0 Å². The lowest BCUT2D eigenvalue weighted by Crippen LogP contribution is -2.38. The van der Waals surface area contributed by atoms with Crippen LogP contribution in [0, 0.1) is 0 Å². The molecule has 3 heterocycles. The van der Waals surface area contributed by atoms with Gasteiger partial charge in [0.2, 0.25) is 0 Å². The minimum Gasteiger partial charge on any atom is -0.353 e. The van der Waals surface area contributed by atoms with E-state index in [1.807, 2.05) is 7.05 Å². The summed E-state index contributed by atoms with van der Waals surface area (Å²) in [5, 5.41) is 11.9. The molecular formula is C15H24IN7. The normalized spacial score (nSPS) is 13.6. The quantitative estimate of drug-likeness (QED) is 0.454. The topological polar surface area (TPSA) is 63.3 Å². The third kappa shape index (κ3) is 3.85. The monoisotopic (exact) mass is 429 g/mol. The van der Waals surface area contributed by atoms with E-state index in [4.69, 9.17) is 0 Å². The molecule has 126 valence electrons. The number of nitrogens with one attached hydrogen (secondary N) is 1.